The van der Waals surface area contributed by atoms with Crippen LogP contribution in [0.2, 0.25) is 0 Å². The number of rotatable bonds is 4. The monoisotopic (exact) mass is 341 g/mol. The molecule has 0 aliphatic carbocycles. The van der Waals surface area contributed by atoms with Crippen molar-refractivity contribution in [1.29, 1.82) is 0 Å². The van der Waals surface area contributed by atoms with E-state index < -0.39 is 6.04 Å². The summed E-state index contributed by atoms with van der Waals surface area (Å²) in [5.74, 6) is -0.465. The Hall–Kier alpha value is -3.16. The molecular formula is C17H19N5O3. The van der Waals surface area contributed by atoms with Crippen LogP contribution in [0.25, 0.3) is 0 Å². The molecule has 1 atom stereocenters. The molecule has 2 heterocycles. The lowest BCUT2D eigenvalue weighted by Crippen LogP contribution is -2.41. The predicted octanol–water partition coefficient (Wildman–Crippen LogP) is 1.20. The summed E-state index contributed by atoms with van der Waals surface area (Å²) >= 11 is 0. The SMILES string of the molecule is Cc1cc(NC(=O)CC[C@@H]2NC(=O)c3ccccc3NC2=O)nn1C. The fourth-order valence-electron chi connectivity index (χ4n) is 2.62. The average molecular weight is 341 g/mol. The second kappa shape index (κ2) is 6.76. The van der Waals surface area contributed by atoms with Gasteiger partial charge in [-0.2, -0.15) is 5.10 Å². The number of carbonyl (C=O) groups excluding carboxylic acids is 3. The first-order chi connectivity index (χ1) is 11.9. The molecule has 0 saturated heterocycles. The van der Waals surface area contributed by atoms with E-state index >= 15 is 0 Å². The molecule has 0 bridgehead atoms. The number of aromatic nitrogens is 2. The summed E-state index contributed by atoms with van der Waals surface area (Å²) < 4.78 is 1.66. The van der Waals surface area contributed by atoms with Gasteiger partial charge in [0.2, 0.25) is 11.8 Å². The van der Waals surface area contributed by atoms with Gasteiger partial charge in [-0.1, -0.05) is 12.1 Å². The topological polar surface area (TPSA) is 105 Å². The first-order valence-electron chi connectivity index (χ1n) is 7.95. The van der Waals surface area contributed by atoms with Gasteiger partial charge in [-0.3, -0.25) is 19.1 Å². The lowest BCUT2D eigenvalue weighted by atomic mass is 10.1. The van der Waals surface area contributed by atoms with E-state index in [0.29, 0.717) is 17.1 Å². The van der Waals surface area contributed by atoms with Gasteiger partial charge in [0.1, 0.15) is 6.04 Å². The third-order valence-electron chi connectivity index (χ3n) is 4.09. The maximum Gasteiger partial charge on any atom is 0.254 e. The van der Waals surface area contributed by atoms with Crippen molar-refractivity contribution >= 4 is 29.2 Å². The van der Waals surface area contributed by atoms with Crippen LogP contribution in [-0.2, 0) is 16.6 Å². The summed E-state index contributed by atoms with van der Waals surface area (Å²) in [7, 11) is 1.79. The number of para-hydroxylation sites is 1. The number of carbonyl (C=O) groups is 3. The Morgan fingerprint density at radius 1 is 1.32 bits per heavy atom. The van der Waals surface area contributed by atoms with E-state index in [9.17, 15) is 14.4 Å². The number of fused-ring (bicyclic) bond motifs is 1. The highest BCUT2D eigenvalue weighted by Gasteiger charge is 2.27. The number of nitrogens with zero attached hydrogens (tertiary/aromatic N) is 2. The second-order valence-corrected chi connectivity index (χ2v) is 5.94. The van der Waals surface area contributed by atoms with Crippen LogP contribution in [0.1, 0.15) is 28.9 Å². The molecule has 2 aromatic rings. The van der Waals surface area contributed by atoms with E-state index in [-0.39, 0.29) is 30.6 Å². The summed E-state index contributed by atoms with van der Waals surface area (Å²) in [5.41, 5.74) is 1.80. The normalized spacial score (nSPS) is 16.5. The fourth-order valence-corrected chi connectivity index (χ4v) is 2.62. The van der Waals surface area contributed by atoms with Gasteiger partial charge in [-0.05, 0) is 25.5 Å². The largest absolute Gasteiger partial charge is 0.340 e. The Labute approximate surface area is 144 Å². The van der Waals surface area contributed by atoms with E-state index in [4.69, 9.17) is 0 Å². The minimum atomic E-state index is -0.767. The van der Waals surface area contributed by atoms with Crippen molar-refractivity contribution in [1.82, 2.24) is 15.1 Å². The van der Waals surface area contributed by atoms with E-state index in [2.05, 4.69) is 21.0 Å². The van der Waals surface area contributed by atoms with Crippen LogP contribution in [-0.4, -0.2) is 33.5 Å². The first-order valence-corrected chi connectivity index (χ1v) is 7.95. The summed E-state index contributed by atoms with van der Waals surface area (Å²) in [6.45, 7) is 1.88. The van der Waals surface area contributed by atoms with Crippen LogP contribution in [0.5, 0.6) is 0 Å². The van der Waals surface area contributed by atoms with Crippen LogP contribution in [0.15, 0.2) is 30.3 Å². The highest BCUT2D eigenvalue weighted by Crippen LogP contribution is 2.19. The molecule has 3 rings (SSSR count). The van der Waals surface area contributed by atoms with Crippen molar-refractivity contribution in [2.45, 2.75) is 25.8 Å². The number of hydrogen-bond donors (Lipinski definition) is 3. The van der Waals surface area contributed by atoms with E-state index in [1.54, 1.807) is 42.1 Å². The van der Waals surface area contributed by atoms with Crippen LogP contribution in [0.4, 0.5) is 11.5 Å². The second-order valence-electron chi connectivity index (χ2n) is 5.94. The van der Waals surface area contributed by atoms with Crippen molar-refractivity contribution in [2.24, 2.45) is 7.05 Å². The molecule has 0 unspecified atom stereocenters. The minimum Gasteiger partial charge on any atom is -0.340 e. The number of aryl methyl sites for hydroxylation is 2. The summed E-state index contributed by atoms with van der Waals surface area (Å²) in [6, 6.07) is 7.78. The minimum absolute atomic E-state index is 0.0876. The van der Waals surface area contributed by atoms with Gasteiger partial charge in [0.15, 0.2) is 5.82 Å². The molecule has 0 radical (unpaired) electrons. The smallest absolute Gasteiger partial charge is 0.254 e. The Morgan fingerprint density at radius 3 is 2.80 bits per heavy atom. The van der Waals surface area contributed by atoms with Crippen LogP contribution in [0.3, 0.4) is 0 Å². The first kappa shape index (κ1) is 16.7. The number of hydrogen-bond acceptors (Lipinski definition) is 4. The Kier molecular flexibility index (Phi) is 4.51. The summed E-state index contributed by atoms with van der Waals surface area (Å²) in [4.78, 5) is 36.6. The zero-order chi connectivity index (χ0) is 18.0. The molecule has 1 aromatic carbocycles. The molecule has 8 nitrogen and oxygen atoms in total. The molecule has 1 aliphatic heterocycles. The Bertz CT molecular complexity index is 823. The number of amides is 3. The molecule has 0 spiro atoms. The van der Waals surface area contributed by atoms with Crippen LogP contribution < -0.4 is 16.0 Å². The highest BCUT2D eigenvalue weighted by atomic mass is 16.2. The highest BCUT2D eigenvalue weighted by molar-refractivity contribution is 6.09. The molecule has 25 heavy (non-hydrogen) atoms. The third kappa shape index (κ3) is 3.68. The van der Waals surface area contributed by atoms with Gasteiger partial charge in [0.05, 0.1) is 11.3 Å². The summed E-state index contributed by atoms with van der Waals surface area (Å²) in [5, 5.41) is 12.2. The molecule has 0 saturated carbocycles. The molecule has 3 amide bonds. The number of benzene rings is 1. The fraction of sp³-hybridized carbons (Fsp3) is 0.294. The molecule has 1 aromatic heterocycles. The molecule has 1 aliphatic rings. The molecule has 0 fully saturated rings. The predicted molar refractivity (Wildman–Crippen MR) is 92.1 cm³/mol. The van der Waals surface area contributed by atoms with E-state index in [1.807, 2.05) is 6.92 Å². The molecule has 3 N–H and O–H groups in total. The molecule has 130 valence electrons. The molecule has 8 heteroatoms. The van der Waals surface area contributed by atoms with Gasteiger partial charge in [-0.15, -0.1) is 0 Å². The number of anilines is 2. The van der Waals surface area contributed by atoms with Gasteiger partial charge in [0, 0.05) is 25.2 Å². The lowest BCUT2D eigenvalue weighted by molar-refractivity contribution is -0.118. The number of nitrogens with one attached hydrogen (secondary N) is 3. The lowest BCUT2D eigenvalue weighted by Gasteiger charge is -2.13. The zero-order valence-electron chi connectivity index (χ0n) is 14.0. The van der Waals surface area contributed by atoms with Crippen molar-refractivity contribution in [3.8, 4) is 0 Å². The van der Waals surface area contributed by atoms with Gasteiger partial charge in [0.25, 0.3) is 5.91 Å². The van der Waals surface area contributed by atoms with E-state index in [0.717, 1.165) is 5.69 Å². The van der Waals surface area contributed by atoms with Gasteiger partial charge < -0.3 is 16.0 Å². The van der Waals surface area contributed by atoms with Crippen molar-refractivity contribution in [2.75, 3.05) is 10.6 Å². The Morgan fingerprint density at radius 2 is 2.08 bits per heavy atom. The van der Waals surface area contributed by atoms with Crippen molar-refractivity contribution in [3.63, 3.8) is 0 Å². The van der Waals surface area contributed by atoms with Crippen molar-refractivity contribution < 1.29 is 14.4 Å². The quantitative estimate of drug-likeness (QED) is 0.777. The maximum absolute atomic E-state index is 12.3. The van der Waals surface area contributed by atoms with Crippen LogP contribution in [0, 0.1) is 6.92 Å². The van der Waals surface area contributed by atoms with Crippen molar-refractivity contribution in [3.05, 3.63) is 41.6 Å². The zero-order valence-corrected chi connectivity index (χ0v) is 14.0. The van der Waals surface area contributed by atoms with Gasteiger partial charge >= 0.3 is 0 Å². The van der Waals surface area contributed by atoms with Gasteiger partial charge in [-0.25, -0.2) is 0 Å². The average Bonchev–Trinajstić information content (AvgIpc) is 2.82. The van der Waals surface area contributed by atoms with Crippen LogP contribution >= 0.6 is 0 Å². The summed E-state index contributed by atoms with van der Waals surface area (Å²) in [6.07, 6.45) is 0.285. The maximum atomic E-state index is 12.3. The third-order valence-corrected chi connectivity index (χ3v) is 4.09. The Balaban J connectivity index is 1.60. The van der Waals surface area contributed by atoms with E-state index in [1.165, 1.54) is 0 Å². The standard InChI is InChI=1S/C17H19N5O3/c1-10-9-14(21-22(10)2)20-15(23)8-7-13-17(25)18-12-6-4-3-5-11(12)16(24)19-13/h3-6,9,13H,7-8H2,1-2H3,(H,18,25)(H,19,24)(H,20,21,23)/t13-/m0/s1. The molecular weight excluding hydrogens is 322 g/mol.